The lowest BCUT2D eigenvalue weighted by Gasteiger charge is -2.23. The summed E-state index contributed by atoms with van der Waals surface area (Å²) in [6.07, 6.45) is 0. The van der Waals surface area contributed by atoms with E-state index in [1.807, 2.05) is 36.4 Å². The Balaban J connectivity index is 1.49. The van der Waals surface area contributed by atoms with Crippen LogP contribution in [0.15, 0.2) is 66.7 Å². The Kier molecular flexibility index (Phi) is 5.19. The van der Waals surface area contributed by atoms with Crippen LogP contribution in [0.3, 0.4) is 0 Å². The van der Waals surface area contributed by atoms with Crippen molar-refractivity contribution in [3.63, 3.8) is 0 Å². The van der Waals surface area contributed by atoms with Gasteiger partial charge in [-0.2, -0.15) is 0 Å². The van der Waals surface area contributed by atoms with Crippen molar-refractivity contribution >= 4 is 28.6 Å². The number of carbonyl (C=O) groups excluding carboxylic acids is 3. The molecule has 0 unspecified atom stereocenters. The van der Waals surface area contributed by atoms with Crippen LogP contribution in [0.1, 0.15) is 31.0 Å². The van der Waals surface area contributed by atoms with Crippen LogP contribution in [-0.4, -0.2) is 29.3 Å². The van der Waals surface area contributed by atoms with Gasteiger partial charge in [-0.15, -0.1) is 0 Å². The minimum absolute atomic E-state index is 0.366. The van der Waals surface area contributed by atoms with E-state index >= 15 is 0 Å². The quantitative estimate of drug-likeness (QED) is 0.620. The standard InChI is InChI=1S/C24H22FN3O3/c1-15(16-8-11-20(25)12-9-16)26-21(29)14-28-22(30)24(2,27-23(28)31)19-10-7-17-5-3-4-6-18(17)13-19/h3-13,15H,14H2,1-2H3,(H,26,29)(H,27,31)/t15-,24-/m0/s1. The molecule has 6 nitrogen and oxygen atoms in total. The van der Waals surface area contributed by atoms with Crippen molar-refractivity contribution in [1.29, 1.82) is 0 Å². The van der Waals surface area contributed by atoms with E-state index in [0.29, 0.717) is 11.1 Å². The third-order valence-corrected chi connectivity index (χ3v) is 5.65. The first kappa shape index (κ1) is 20.5. The van der Waals surface area contributed by atoms with Crippen LogP contribution in [0.25, 0.3) is 10.8 Å². The fourth-order valence-electron chi connectivity index (χ4n) is 3.80. The summed E-state index contributed by atoms with van der Waals surface area (Å²) in [6, 6.07) is 18.1. The van der Waals surface area contributed by atoms with Crippen LogP contribution in [0.5, 0.6) is 0 Å². The van der Waals surface area contributed by atoms with Crippen LogP contribution >= 0.6 is 0 Å². The van der Waals surface area contributed by atoms with E-state index in [0.717, 1.165) is 15.7 Å². The molecule has 4 amide bonds. The molecule has 31 heavy (non-hydrogen) atoms. The van der Waals surface area contributed by atoms with Gasteiger partial charge in [0.05, 0.1) is 6.04 Å². The molecule has 1 heterocycles. The van der Waals surface area contributed by atoms with E-state index in [-0.39, 0.29) is 5.82 Å². The fraction of sp³-hybridized carbons (Fsp3) is 0.208. The Bertz CT molecular complexity index is 1180. The molecule has 0 aromatic heterocycles. The number of carbonyl (C=O) groups is 3. The van der Waals surface area contributed by atoms with Crippen LogP contribution in [0, 0.1) is 5.82 Å². The Morgan fingerprint density at radius 1 is 1.06 bits per heavy atom. The smallest absolute Gasteiger partial charge is 0.325 e. The van der Waals surface area contributed by atoms with Gasteiger partial charge in [-0.25, -0.2) is 9.18 Å². The number of benzene rings is 3. The highest BCUT2D eigenvalue weighted by atomic mass is 19.1. The van der Waals surface area contributed by atoms with E-state index < -0.39 is 36.0 Å². The Hall–Kier alpha value is -3.74. The molecule has 158 valence electrons. The summed E-state index contributed by atoms with van der Waals surface area (Å²) in [5.41, 5.74) is 0.101. The Morgan fingerprint density at radius 3 is 2.45 bits per heavy atom. The van der Waals surface area contributed by atoms with Gasteiger partial charge < -0.3 is 10.6 Å². The molecule has 4 rings (SSSR count). The highest BCUT2D eigenvalue weighted by Gasteiger charge is 2.49. The van der Waals surface area contributed by atoms with Crippen LogP contribution in [0.2, 0.25) is 0 Å². The number of nitrogens with zero attached hydrogens (tertiary/aromatic N) is 1. The fourth-order valence-corrected chi connectivity index (χ4v) is 3.80. The minimum Gasteiger partial charge on any atom is -0.348 e. The number of hydrogen-bond donors (Lipinski definition) is 2. The molecule has 0 saturated carbocycles. The Morgan fingerprint density at radius 2 is 1.74 bits per heavy atom. The van der Waals surface area contributed by atoms with Crippen molar-refractivity contribution in [3.8, 4) is 0 Å². The molecular weight excluding hydrogens is 397 g/mol. The van der Waals surface area contributed by atoms with Gasteiger partial charge in [0.1, 0.15) is 17.9 Å². The summed E-state index contributed by atoms with van der Waals surface area (Å²) in [5, 5.41) is 7.44. The first-order valence-electron chi connectivity index (χ1n) is 9.96. The van der Waals surface area contributed by atoms with Gasteiger partial charge in [0.25, 0.3) is 5.91 Å². The highest BCUT2D eigenvalue weighted by molar-refractivity contribution is 6.09. The van der Waals surface area contributed by atoms with Gasteiger partial charge in [-0.1, -0.05) is 48.5 Å². The van der Waals surface area contributed by atoms with Gasteiger partial charge in [0.15, 0.2) is 0 Å². The predicted molar refractivity (Wildman–Crippen MR) is 115 cm³/mol. The van der Waals surface area contributed by atoms with Crippen LogP contribution < -0.4 is 10.6 Å². The van der Waals surface area contributed by atoms with Crippen molar-refractivity contribution in [2.75, 3.05) is 6.54 Å². The second-order valence-electron chi connectivity index (χ2n) is 7.85. The van der Waals surface area contributed by atoms with E-state index in [1.54, 1.807) is 32.0 Å². The average Bonchev–Trinajstić information content (AvgIpc) is 2.97. The minimum atomic E-state index is -1.26. The largest absolute Gasteiger partial charge is 0.348 e. The molecular formula is C24H22FN3O3. The first-order valence-corrected chi connectivity index (χ1v) is 9.96. The van der Waals surface area contributed by atoms with Crippen LogP contribution in [-0.2, 0) is 15.1 Å². The first-order chi connectivity index (χ1) is 14.8. The lowest BCUT2D eigenvalue weighted by molar-refractivity contribution is -0.135. The molecule has 0 aliphatic carbocycles. The van der Waals surface area contributed by atoms with Crippen molar-refractivity contribution in [3.05, 3.63) is 83.7 Å². The predicted octanol–water partition coefficient (Wildman–Crippen LogP) is 3.62. The molecule has 1 saturated heterocycles. The summed E-state index contributed by atoms with van der Waals surface area (Å²) < 4.78 is 13.1. The number of nitrogens with one attached hydrogen (secondary N) is 2. The molecule has 1 aliphatic rings. The zero-order valence-corrected chi connectivity index (χ0v) is 17.2. The number of rotatable bonds is 5. The molecule has 3 aromatic rings. The van der Waals surface area contributed by atoms with Crippen molar-refractivity contribution in [1.82, 2.24) is 15.5 Å². The number of fused-ring (bicyclic) bond motifs is 1. The van der Waals surface area contributed by atoms with E-state index in [4.69, 9.17) is 0 Å². The SMILES string of the molecule is C[C@H](NC(=O)CN1C(=O)N[C@@](C)(c2ccc3ccccc3c2)C1=O)c1ccc(F)cc1. The lowest BCUT2D eigenvalue weighted by Crippen LogP contribution is -2.43. The molecule has 0 spiro atoms. The van der Waals surface area contributed by atoms with Gasteiger partial charge in [-0.05, 0) is 53.9 Å². The Labute approximate surface area is 179 Å². The van der Waals surface area contributed by atoms with Gasteiger partial charge in [0, 0.05) is 0 Å². The third kappa shape index (κ3) is 3.86. The summed E-state index contributed by atoms with van der Waals surface area (Å²) in [4.78, 5) is 39.1. The lowest BCUT2D eigenvalue weighted by atomic mass is 9.90. The third-order valence-electron chi connectivity index (χ3n) is 5.65. The molecule has 1 fully saturated rings. The molecule has 1 aliphatic heterocycles. The number of halogens is 1. The number of urea groups is 1. The molecule has 7 heteroatoms. The zero-order chi connectivity index (χ0) is 22.2. The van der Waals surface area contributed by atoms with Crippen molar-refractivity contribution < 1.29 is 18.8 Å². The van der Waals surface area contributed by atoms with E-state index in [1.165, 1.54) is 12.1 Å². The van der Waals surface area contributed by atoms with Gasteiger partial charge >= 0.3 is 6.03 Å². The normalized spacial score (nSPS) is 19.4. The van der Waals surface area contributed by atoms with Gasteiger partial charge in [-0.3, -0.25) is 14.5 Å². The maximum atomic E-state index is 13.1. The van der Waals surface area contributed by atoms with E-state index in [9.17, 15) is 18.8 Å². The summed E-state index contributed by atoms with van der Waals surface area (Å²) >= 11 is 0. The maximum absolute atomic E-state index is 13.1. The van der Waals surface area contributed by atoms with Gasteiger partial charge in [0.2, 0.25) is 5.91 Å². The maximum Gasteiger partial charge on any atom is 0.325 e. The second kappa shape index (κ2) is 7.83. The highest BCUT2D eigenvalue weighted by Crippen LogP contribution is 2.31. The number of imide groups is 1. The topological polar surface area (TPSA) is 78.5 Å². The molecule has 3 aromatic carbocycles. The van der Waals surface area contributed by atoms with E-state index in [2.05, 4.69) is 10.6 Å². The van der Waals surface area contributed by atoms with Crippen LogP contribution in [0.4, 0.5) is 9.18 Å². The molecule has 2 atom stereocenters. The number of amides is 4. The summed E-state index contributed by atoms with van der Waals surface area (Å²) in [7, 11) is 0. The summed E-state index contributed by atoms with van der Waals surface area (Å²) in [5.74, 6) is -1.34. The molecule has 0 radical (unpaired) electrons. The average molecular weight is 419 g/mol. The monoisotopic (exact) mass is 419 g/mol. The zero-order valence-electron chi connectivity index (χ0n) is 17.2. The molecule has 0 bridgehead atoms. The molecule has 2 N–H and O–H groups in total. The van der Waals surface area contributed by atoms with Crippen molar-refractivity contribution in [2.24, 2.45) is 0 Å². The number of hydrogen-bond acceptors (Lipinski definition) is 3. The van der Waals surface area contributed by atoms with Crippen molar-refractivity contribution in [2.45, 2.75) is 25.4 Å². The second-order valence-corrected chi connectivity index (χ2v) is 7.85. The summed E-state index contributed by atoms with van der Waals surface area (Å²) in [6.45, 7) is 2.98.